The van der Waals surface area contributed by atoms with E-state index in [0.717, 1.165) is 32.1 Å². The van der Waals surface area contributed by atoms with Crippen molar-refractivity contribution < 1.29 is 5.11 Å². The maximum Gasteiger partial charge on any atom is 0.283 e. The Morgan fingerprint density at radius 2 is 2.15 bits per heavy atom. The van der Waals surface area contributed by atoms with Crippen LogP contribution in [0.5, 0.6) is 0 Å². The average molecular weight is 344 g/mol. The van der Waals surface area contributed by atoms with Crippen LogP contribution in [0.25, 0.3) is 0 Å². The van der Waals surface area contributed by atoms with Crippen molar-refractivity contribution in [2.45, 2.75) is 57.6 Å². The summed E-state index contributed by atoms with van der Waals surface area (Å²) in [6.07, 6.45) is 7.47. The molecule has 0 unspecified atom stereocenters. The van der Waals surface area contributed by atoms with Crippen LogP contribution in [0.2, 0.25) is 0 Å². The molecule has 1 aromatic rings. The zero-order valence-corrected chi connectivity index (χ0v) is 13.4. The maximum atomic E-state index is 12.1. The molecule has 0 aliphatic heterocycles. The number of aryl methyl sites for hydroxylation is 1. The Balaban J connectivity index is 2.06. The van der Waals surface area contributed by atoms with Crippen molar-refractivity contribution in [1.29, 1.82) is 0 Å². The molecule has 1 heterocycles. The number of nitrogens with one attached hydrogen (secondary N) is 1. The number of hydrogen-bond acceptors (Lipinski definition) is 4. The molecule has 1 fully saturated rings. The van der Waals surface area contributed by atoms with Crippen LogP contribution < -0.4 is 10.9 Å². The van der Waals surface area contributed by atoms with E-state index in [4.69, 9.17) is 0 Å². The Morgan fingerprint density at radius 1 is 1.45 bits per heavy atom. The molecular weight excluding hydrogens is 322 g/mol. The highest BCUT2D eigenvalue weighted by molar-refractivity contribution is 9.10. The lowest BCUT2D eigenvalue weighted by molar-refractivity contribution is 0.0167. The highest BCUT2D eigenvalue weighted by atomic mass is 79.9. The number of rotatable bonds is 5. The lowest BCUT2D eigenvalue weighted by Crippen LogP contribution is -2.39. The molecule has 6 heteroatoms. The summed E-state index contributed by atoms with van der Waals surface area (Å²) in [5.74, 6) is 0. The standard InChI is InChI=1S/C14H22BrN3O2/c1-2-8-18-13(19)12(15)11(9-17-18)16-10-14(20)6-4-3-5-7-14/h9,16,20H,2-8,10H2,1H3. The fourth-order valence-corrected chi connectivity index (χ4v) is 3.05. The third kappa shape index (κ3) is 3.61. The molecule has 0 spiro atoms. The first-order valence-corrected chi connectivity index (χ1v) is 8.07. The molecule has 0 saturated heterocycles. The van der Waals surface area contributed by atoms with Crippen LogP contribution in [-0.2, 0) is 6.54 Å². The first kappa shape index (κ1) is 15.5. The van der Waals surface area contributed by atoms with E-state index in [1.54, 1.807) is 6.20 Å². The van der Waals surface area contributed by atoms with Gasteiger partial charge in [0.25, 0.3) is 5.56 Å². The summed E-state index contributed by atoms with van der Waals surface area (Å²) in [5.41, 5.74) is -0.135. The molecule has 112 valence electrons. The fourth-order valence-electron chi connectivity index (χ4n) is 2.61. The zero-order chi connectivity index (χ0) is 14.6. The summed E-state index contributed by atoms with van der Waals surface area (Å²) in [6, 6.07) is 0. The van der Waals surface area contributed by atoms with Crippen molar-refractivity contribution in [2.24, 2.45) is 0 Å². The van der Waals surface area contributed by atoms with Gasteiger partial charge in [-0.1, -0.05) is 26.2 Å². The zero-order valence-electron chi connectivity index (χ0n) is 11.9. The van der Waals surface area contributed by atoms with Gasteiger partial charge in [-0.3, -0.25) is 4.79 Å². The summed E-state index contributed by atoms with van der Waals surface area (Å²) in [6.45, 7) is 3.08. The Morgan fingerprint density at radius 3 is 2.80 bits per heavy atom. The van der Waals surface area contributed by atoms with Crippen molar-refractivity contribution in [1.82, 2.24) is 9.78 Å². The Labute approximate surface area is 127 Å². The molecular formula is C14H22BrN3O2. The molecule has 20 heavy (non-hydrogen) atoms. The summed E-state index contributed by atoms with van der Waals surface area (Å²) in [4.78, 5) is 12.1. The molecule has 0 aromatic carbocycles. The van der Waals surface area contributed by atoms with Gasteiger partial charge in [-0.2, -0.15) is 5.10 Å². The van der Waals surface area contributed by atoms with Gasteiger partial charge in [-0.25, -0.2) is 4.68 Å². The largest absolute Gasteiger partial charge is 0.388 e. The molecule has 2 N–H and O–H groups in total. The average Bonchev–Trinajstić information content (AvgIpc) is 2.44. The third-order valence-electron chi connectivity index (χ3n) is 3.81. The van der Waals surface area contributed by atoms with Gasteiger partial charge in [-0.05, 0) is 35.2 Å². The number of halogens is 1. The monoisotopic (exact) mass is 343 g/mol. The number of aromatic nitrogens is 2. The van der Waals surface area contributed by atoms with Crippen molar-refractivity contribution in [3.05, 3.63) is 21.0 Å². The van der Waals surface area contributed by atoms with Crippen LogP contribution >= 0.6 is 15.9 Å². The molecule has 1 aliphatic carbocycles. The van der Waals surface area contributed by atoms with Crippen molar-refractivity contribution in [2.75, 3.05) is 11.9 Å². The van der Waals surface area contributed by atoms with E-state index in [2.05, 4.69) is 26.3 Å². The van der Waals surface area contributed by atoms with E-state index in [-0.39, 0.29) is 5.56 Å². The van der Waals surface area contributed by atoms with Crippen LogP contribution in [0.1, 0.15) is 45.4 Å². The highest BCUT2D eigenvalue weighted by Crippen LogP contribution is 2.28. The van der Waals surface area contributed by atoms with Gasteiger partial charge in [0.05, 0.1) is 17.5 Å². The van der Waals surface area contributed by atoms with Gasteiger partial charge in [0, 0.05) is 13.1 Å². The van der Waals surface area contributed by atoms with Gasteiger partial charge in [0.1, 0.15) is 4.47 Å². The van der Waals surface area contributed by atoms with Crippen LogP contribution in [0.15, 0.2) is 15.5 Å². The molecule has 0 amide bonds. The maximum absolute atomic E-state index is 12.1. The molecule has 1 saturated carbocycles. The van der Waals surface area contributed by atoms with E-state index < -0.39 is 5.60 Å². The Bertz CT molecular complexity index is 510. The lowest BCUT2D eigenvalue weighted by atomic mass is 9.85. The van der Waals surface area contributed by atoms with Crippen LogP contribution in [-0.4, -0.2) is 27.0 Å². The first-order chi connectivity index (χ1) is 9.56. The number of hydrogen-bond donors (Lipinski definition) is 2. The molecule has 0 radical (unpaired) electrons. The minimum Gasteiger partial charge on any atom is -0.388 e. The van der Waals surface area contributed by atoms with E-state index in [0.29, 0.717) is 23.2 Å². The van der Waals surface area contributed by atoms with Crippen molar-refractivity contribution in [3.63, 3.8) is 0 Å². The lowest BCUT2D eigenvalue weighted by Gasteiger charge is -2.32. The Hall–Kier alpha value is -0.880. The summed E-state index contributed by atoms with van der Waals surface area (Å²) in [5, 5.41) is 17.8. The molecule has 0 bridgehead atoms. The fraction of sp³-hybridized carbons (Fsp3) is 0.714. The number of anilines is 1. The topological polar surface area (TPSA) is 67.2 Å². The van der Waals surface area contributed by atoms with Crippen molar-refractivity contribution >= 4 is 21.6 Å². The molecule has 5 nitrogen and oxygen atoms in total. The first-order valence-electron chi connectivity index (χ1n) is 7.27. The second-order valence-electron chi connectivity index (χ2n) is 5.54. The van der Waals surface area contributed by atoms with Gasteiger partial charge in [0.2, 0.25) is 0 Å². The summed E-state index contributed by atoms with van der Waals surface area (Å²) >= 11 is 3.33. The summed E-state index contributed by atoms with van der Waals surface area (Å²) in [7, 11) is 0. The highest BCUT2D eigenvalue weighted by Gasteiger charge is 2.29. The van der Waals surface area contributed by atoms with Gasteiger partial charge >= 0.3 is 0 Å². The van der Waals surface area contributed by atoms with E-state index in [9.17, 15) is 9.90 Å². The molecule has 1 aromatic heterocycles. The summed E-state index contributed by atoms with van der Waals surface area (Å²) < 4.78 is 1.94. The van der Waals surface area contributed by atoms with Crippen LogP contribution in [0.4, 0.5) is 5.69 Å². The smallest absolute Gasteiger partial charge is 0.283 e. The van der Waals surface area contributed by atoms with E-state index in [1.165, 1.54) is 11.1 Å². The van der Waals surface area contributed by atoms with E-state index in [1.807, 2.05) is 6.92 Å². The van der Waals surface area contributed by atoms with E-state index >= 15 is 0 Å². The van der Waals surface area contributed by atoms with Crippen LogP contribution in [0, 0.1) is 0 Å². The number of nitrogens with zero attached hydrogens (tertiary/aromatic N) is 2. The Kier molecular flexibility index (Phi) is 5.21. The van der Waals surface area contributed by atoms with Gasteiger partial charge in [0.15, 0.2) is 0 Å². The minimum atomic E-state index is -0.657. The van der Waals surface area contributed by atoms with Gasteiger partial charge in [-0.15, -0.1) is 0 Å². The quantitative estimate of drug-likeness (QED) is 0.861. The van der Waals surface area contributed by atoms with Crippen molar-refractivity contribution in [3.8, 4) is 0 Å². The van der Waals surface area contributed by atoms with Gasteiger partial charge < -0.3 is 10.4 Å². The predicted molar refractivity (Wildman–Crippen MR) is 83.0 cm³/mol. The molecule has 2 rings (SSSR count). The second-order valence-corrected chi connectivity index (χ2v) is 6.33. The number of aliphatic hydroxyl groups is 1. The third-order valence-corrected chi connectivity index (χ3v) is 4.58. The van der Waals surface area contributed by atoms with Crippen LogP contribution in [0.3, 0.4) is 0 Å². The minimum absolute atomic E-state index is 0.132. The predicted octanol–water partition coefficient (Wildman–Crippen LogP) is 2.52. The second kappa shape index (κ2) is 6.72. The molecule has 0 atom stereocenters. The SMILES string of the molecule is CCCn1ncc(NCC2(O)CCCCC2)c(Br)c1=O. The molecule has 1 aliphatic rings. The normalized spacial score (nSPS) is 17.9.